The number of carbonyl (C=O) groups excluding carboxylic acids is 1. The highest BCUT2D eigenvalue weighted by Gasteiger charge is 2.21. The molecule has 0 saturated carbocycles. The quantitative estimate of drug-likeness (QED) is 0.531. The van der Waals surface area contributed by atoms with Crippen molar-refractivity contribution >= 4 is 35.2 Å². The number of benzene rings is 1. The molecule has 0 aliphatic carbocycles. The Kier molecular flexibility index (Phi) is 6.45. The summed E-state index contributed by atoms with van der Waals surface area (Å²) in [5.41, 5.74) is 7.41. The Balaban J connectivity index is 1.63. The second-order valence-electron chi connectivity index (χ2n) is 7.47. The van der Waals surface area contributed by atoms with Crippen molar-refractivity contribution in [2.75, 3.05) is 33.0 Å². The fraction of sp³-hybridized carbons (Fsp3) is 0.429. The third kappa shape index (κ3) is 4.53. The van der Waals surface area contributed by atoms with Crippen LogP contribution in [0.3, 0.4) is 0 Å². The van der Waals surface area contributed by atoms with Gasteiger partial charge >= 0.3 is 0 Å². The number of nitrogen functional groups attached to an aromatic ring is 1. The van der Waals surface area contributed by atoms with Crippen LogP contribution in [0.4, 0.5) is 5.82 Å². The van der Waals surface area contributed by atoms with E-state index in [0.29, 0.717) is 17.3 Å². The molecule has 0 atom stereocenters. The smallest absolute Gasteiger partial charge is 0.209 e. The summed E-state index contributed by atoms with van der Waals surface area (Å²) in [6.07, 6.45) is 5.41. The Bertz CT molecular complexity index is 1060. The maximum absolute atomic E-state index is 11.0. The molecule has 0 bridgehead atoms. The van der Waals surface area contributed by atoms with Gasteiger partial charge in [0, 0.05) is 19.6 Å². The number of aryl methyl sites for hydroxylation is 1. The molecule has 1 aromatic carbocycles. The molecule has 0 spiro atoms. The van der Waals surface area contributed by atoms with Crippen LogP contribution in [-0.4, -0.2) is 58.1 Å². The number of hydrogen-bond donors (Lipinski definition) is 1. The van der Waals surface area contributed by atoms with Gasteiger partial charge in [-0.05, 0) is 55.1 Å². The topological polar surface area (TPSA) is 108 Å². The van der Waals surface area contributed by atoms with Gasteiger partial charge in [0.2, 0.25) is 6.41 Å². The van der Waals surface area contributed by atoms with E-state index in [4.69, 9.17) is 20.2 Å². The minimum atomic E-state index is 0.363. The summed E-state index contributed by atoms with van der Waals surface area (Å²) in [5.74, 6) is 2.40. The van der Waals surface area contributed by atoms with Crippen LogP contribution in [-0.2, 0) is 11.3 Å². The first-order chi connectivity index (χ1) is 15.1. The lowest BCUT2D eigenvalue weighted by atomic mass is 9.94. The largest absolute Gasteiger partial charge is 0.497 e. The summed E-state index contributed by atoms with van der Waals surface area (Å²) < 4.78 is 13.0. The van der Waals surface area contributed by atoms with Gasteiger partial charge in [-0.1, -0.05) is 0 Å². The highest BCUT2D eigenvalue weighted by atomic mass is 32.2. The van der Waals surface area contributed by atoms with Crippen LogP contribution < -0.4 is 15.2 Å². The third-order valence-corrected chi connectivity index (χ3v) is 6.69. The van der Waals surface area contributed by atoms with Crippen LogP contribution in [0.1, 0.15) is 19.3 Å². The summed E-state index contributed by atoms with van der Waals surface area (Å²) in [6.45, 7) is 2.39. The minimum Gasteiger partial charge on any atom is -0.497 e. The van der Waals surface area contributed by atoms with Crippen LogP contribution in [0.2, 0.25) is 0 Å². The number of nitrogens with zero attached hydrogens (tertiary/aromatic N) is 5. The van der Waals surface area contributed by atoms with Gasteiger partial charge in [-0.25, -0.2) is 15.0 Å². The van der Waals surface area contributed by atoms with Crippen molar-refractivity contribution in [2.24, 2.45) is 5.92 Å². The van der Waals surface area contributed by atoms with Crippen LogP contribution in [0.15, 0.2) is 34.6 Å². The predicted octanol–water partition coefficient (Wildman–Crippen LogP) is 2.84. The number of likely N-dealkylation sites (tertiary alicyclic amines) is 1. The number of imidazole rings is 1. The van der Waals surface area contributed by atoms with Crippen LogP contribution in [0.25, 0.3) is 11.2 Å². The van der Waals surface area contributed by atoms with E-state index in [9.17, 15) is 4.79 Å². The van der Waals surface area contributed by atoms with E-state index >= 15 is 0 Å². The Hall–Kier alpha value is -3.01. The molecule has 0 radical (unpaired) electrons. The highest BCUT2D eigenvalue weighted by Crippen LogP contribution is 2.38. The second-order valence-corrected chi connectivity index (χ2v) is 8.48. The molecule has 2 aromatic heterocycles. The number of amides is 1. The number of nitrogens with two attached hydrogens (primary N) is 1. The van der Waals surface area contributed by atoms with Gasteiger partial charge in [0.1, 0.15) is 17.8 Å². The molecule has 4 rings (SSSR count). The lowest BCUT2D eigenvalue weighted by molar-refractivity contribution is -0.119. The first-order valence-electron chi connectivity index (χ1n) is 10.2. The summed E-state index contributed by atoms with van der Waals surface area (Å²) in [7, 11) is 3.28. The van der Waals surface area contributed by atoms with Crippen molar-refractivity contribution in [3.8, 4) is 11.5 Å². The van der Waals surface area contributed by atoms with E-state index in [1.807, 2.05) is 23.1 Å². The third-order valence-electron chi connectivity index (χ3n) is 5.66. The van der Waals surface area contributed by atoms with Crippen LogP contribution >= 0.6 is 11.8 Å². The Morgan fingerprint density at radius 3 is 2.74 bits per heavy atom. The molecule has 2 N–H and O–H groups in total. The number of rotatable bonds is 8. The van der Waals surface area contributed by atoms with Crippen LogP contribution in [0, 0.1) is 5.92 Å². The molecule has 1 amide bonds. The molecule has 10 heteroatoms. The van der Waals surface area contributed by atoms with Crippen molar-refractivity contribution in [3.05, 3.63) is 24.5 Å². The number of aromatic nitrogens is 4. The number of methoxy groups -OCH3 is 2. The lowest BCUT2D eigenvalue weighted by Gasteiger charge is -2.29. The molecule has 3 aromatic rings. The van der Waals surface area contributed by atoms with Gasteiger partial charge in [-0.3, -0.25) is 4.79 Å². The van der Waals surface area contributed by atoms with Gasteiger partial charge < -0.3 is 24.7 Å². The van der Waals surface area contributed by atoms with Gasteiger partial charge in [-0.15, -0.1) is 0 Å². The van der Waals surface area contributed by atoms with Crippen molar-refractivity contribution in [1.29, 1.82) is 0 Å². The SMILES string of the molecule is COc1ccc(OC)c(Sc2nc3c(N)ncnc3n2CCC2CCN(C=O)CC2)c1. The van der Waals surface area contributed by atoms with Crippen molar-refractivity contribution in [2.45, 2.75) is 35.9 Å². The maximum Gasteiger partial charge on any atom is 0.209 e. The standard InChI is InChI=1S/C21H26N6O3S/c1-29-15-3-4-16(30-2)17(11-15)31-21-25-18-19(22)23-12-24-20(18)27(21)10-7-14-5-8-26(13-28)9-6-14/h3-4,11-14H,5-10H2,1-2H3,(H2,22,23,24). The molecule has 1 fully saturated rings. The first-order valence-corrected chi connectivity index (χ1v) is 11.0. The Labute approximate surface area is 185 Å². The Morgan fingerprint density at radius 1 is 1.23 bits per heavy atom. The molecular weight excluding hydrogens is 416 g/mol. The minimum absolute atomic E-state index is 0.363. The molecule has 1 saturated heterocycles. The number of ether oxygens (including phenoxy) is 2. The number of anilines is 1. The molecule has 0 unspecified atom stereocenters. The predicted molar refractivity (Wildman–Crippen MR) is 118 cm³/mol. The van der Waals surface area contributed by atoms with E-state index in [0.717, 1.165) is 72.5 Å². The highest BCUT2D eigenvalue weighted by molar-refractivity contribution is 7.99. The average molecular weight is 443 g/mol. The molecule has 9 nitrogen and oxygen atoms in total. The van der Waals surface area contributed by atoms with E-state index < -0.39 is 0 Å². The van der Waals surface area contributed by atoms with Crippen molar-refractivity contribution < 1.29 is 14.3 Å². The van der Waals surface area contributed by atoms with Crippen molar-refractivity contribution in [1.82, 2.24) is 24.4 Å². The zero-order valence-corrected chi connectivity index (χ0v) is 18.5. The number of hydrogen-bond acceptors (Lipinski definition) is 8. The maximum atomic E-state index is 11.0. The van der Waals surface area contributed by atoms with E-state index in [1.165, 1.54) is 18.1 Å². The second kappa shape index (κ2) is 9.42. The fourth-order valence-electron chi connectivity index (χ4n) is 3.83. The molecule has 31 heavy (non-hydrogen) atoms. The van der Waals surface area contributed by atoms with Gasteiger partial charge in [0.25, 0.3) is 0 Å². The van der Waals surface area contributed by atoms with Crippen LogP contribution in [0.5, 0.6) is 11.5 Å². The lowest BCUT2D eigenvalue weighted by Crippen LogP contribution is -2.32. The van der Waals surface area contributed by atoms with Gasteiger partial charge in [-0.2, -0.15) is 0 Å². The Morgan fingerprint density at radius 2 is 2.03 bits per heavy atom. The molecule has 1 aliphatic heterocycles. The molecule has 1 aliphatic rings. The summed E-state index contributed by atoms with van der Waals surface area (Å²) in [4.78, 5) is 27.0. The van der Waals surface area contributed by atoms with Gasteiger partial charge in [0.15, 0.2) is 22.1 Å². The average Bonchev–Trinajstić information content (AvgIpc) is 3.16. The fourth-order valence-corrected chi connectivity index (χ4v) is 4.88. The number of carbonyl (C=O) groups is 1. The molecular formula is C21H26N6O3S. The van der Waals surface area contributed by atoms with E-state index in [1.54, 1.807) is 14.2 Å². The first kappa shape index (κ1) is 21.2. The van der Waals surface area contributed by atoms with Crippen molar-refractivity contribution in [3.63, 3.8) is 0 Å². The zero-order valence-electron chi connectivity index (χ0n) is 17.7. The molecule has 3 heterocycles. The van der Waals surface area contributed by atoms with Gasteiger partial charge in [0.05, 0.1) is 19.1 Å². The van der Waals surface area contributed by atoms with E-state index in [-0.39, 0.29) is 0 Å². The summed E-state index contributed by atoms with van der Waals surface area (Å²) >= 11 is 1.49. The zero-order chi connectivity index (χ0) is 21.8. The summed E-state index contributed by atoms with van der Waals surface area (Å²) in [6, 6.07) is 5.67. The summed E-state index contributed by atoms with van der Waals surface area (Å²) in [5, 5.41) is 0.777. The normalized spacial score (nSPS) is 14.7. The van der Waals surface area contributed by atoms with E-state index in [2.05, 4.69) is 14.5 Å². The number of piperidine rings is 1. The molecule has 164 valence electrons. The number of fused-ring (bicyclic) bond motifs is 1. The monoisotopic (exact) mass is 442 g/mol.